The van der Waals surface area contributed by atoms with E-state index in [2.05, 4.69) is 80.8 Å². The number of hydrogen-bond acceptors (Lipinski definition) is 3. The largest absolute Gasteiger partial charge is 0.514 e. The van der Waals surface area contributed by atoms with Crippen LogP contribution in [0, 0.1) is 0 Å². The Morgan fingerprint density at radius 3 is 1.82 bits per heavy atom. The molecule has 0 unspecified atom stereocenters. The molecule has 0 radical (unpaired) electrons. The fraction of sp³-hybridized carbons (Fsp3) is 0.261. The van der Waals surface area contributed by atoms with Gasteiger partial charge in [-0.2, -0.15) is 0 Å². The van der Waals surface area contributed by atoms with Crippen molar-refractivity contribution in [3.8, 4) is 5.82 Å². The van der Waals surface area contributed by atoms with Crippen LogP contribution >= 0.6 is 0 Å². The van der Waals surface area contributed by atoms with Crippen LogP contribution in [-0.2, 0) is 9.31 Å². The number of pyridine rings is 1. The molecule has 5 heteroatoms. The van der Waals surface area contributed by atoms with Gasteiger partial charge in [0.2, 0.25) is 0 Å². The van der Waals surface area contributed by atoms with Crippen molar-refractivity contribution in [3.63, 3.8) is 0 Å². The summed E-state index contributed by atoms with van der Waals surface area (Å²) in [5, 5.41) is 2.45. The minimum atomic E-state index is -0.474. The Kier molecular flexibility index (Phi) is 3.70. The summed E-state index contributed by atoms with van der Waals surface area (Å²) in [7, 11) is -0.474. The predicted octanol–water partition coefficient (Wildman–Crippen LogP) is 4.48. The summed E-state index contributed by atoms with van der Waals surface area (Å²) >= 11 is 0. The van der Waals surface area contributed by atoms with Gasteiger partial charge in [0.1, 0.15) is 5.82 Å². The number of benzene rings is 2. The van der Waals surface area contributed by atoms with E-state index in [0.29, 0.717) is 0 Å². The van der Waals surface area contributed by atoms with Crippen molar-refractivity contribution >= 4 is 34.5 Å². The molecule has 0 saturated carbocycles. The summed E-state index contributed by atoms with van der Waals surface area (Å²) < 4.78 is 14.6. The van der Waals surface area contributed by atoms with Gasteiger partial charge in [-0.25, -0.2) is 4.98 Å². The third-order valence-electron chi connectivity index (χ3n) is 6.06. The fourth-order valence-corrected chi connectivity index (χ4v) is 3.83. The van der Waals surface area contributed by atoms with Crippen molar-refractivity contribution in [1.82, 2.24) is 9.55 Å². The molecule has 0 aliphatic carbocycles. The van der Waals surface area contributed by atoms with Crippen LogP contribution < -0.4 is 5.59 Å². The van der Waals surface area contributed by atoms with Gasteiger partial charge in [-0.15, -0.1) is 0 Å². The molecule has 1 aliphatic heterocycles. The van der Waals surface area contributed by atoms with Crippen LogP contribution in [0.25, 0.3) is 27.6 Å². The lowest BCUT2D eigenvalue weighted by molar-refractivity contribution is 0.00578. The molecule has 4 aromatic rings. The number of nitrogens with zero attached hydrogens (tertiary/aromatic N) is 2. The zero-order chi connectivity index (χ0) is 19.5. The second-order valence-corrected chi connectivity index (χ2v) is 8.38. The molecule has 2 aromatic carbocycles. The molecule has 140 valence electrons. The van der Waals surface area contributed by atoms with Crippen molar-refractivity contribution in [2.75, 3.05) is 0 Å². The van der Waals surface area contributed by atoms with Crippen LogP contribution in [0.15, 0.2) is 66.7 Å². The lowest BCUT2D eigenvalue weighted by Crippen LogP contribution is -2.41. The third-order valence-corrected chi connectivity index (χ3v) is 6.06. The van der Waals surface area contributed by atoms with Crippen LogP contribution in [0.2, 0.25) is 0 Å². The Labute approximate surface area is 165 Å². The lowest BCUT2D eigenvalue weighted by Gasteiger charge is -2.32. The van der Waals surface area contributed by atoms with Gasteiger partial charge in [-0.1, -0.05) is 42.5 Å². The average molecular weight is 370 g/mol. The van der Waals surface area contributed by atoms with Gasteiger partial charge in [-0.05, 0) is 52.0 Å². The summed E-state index contributed by atoms with van der Waals surface area (Å²) in [6.07, 6.45) is 0. The van der Waals surface area contributed by atoms with E-state index in [4.69, 9.17) is 14.3 Å². The van der Waals surface area contributed by atoms with E-state index in [1.807, 2.05) is 18.2 Å². The molecule has 0 bridgehead atoms. The SMILES string of the molecule is CC1(C)OB(c2cccc(-n3c4ccccc4c4ccccc43)n2)OC1(C)C. The first-order valence-electron chi connectivity index (χ1n) is 9.69. The summed E-state index contributed by atoms with van der Waals surface area (Å²) in [5.74, 6) is 0.865. The van der Waals surface area contributed by atoms with Crippen molar-refractivity contribution in [1.29, 1.82) is 0 Å². The van der Waals surface area contributed by atoms with Crippen LogP contribution in [0.5, 0.6) is 0 Å². The van der Waals surface area contributed by atoms with Crippen molar-refractivity contribution in [2.24, 2.45) is 0 Å². The molecule has 4 nitrogen and oxygen atoms in total. The second kappa shape index (κ2) is 5.93. The lowest BCUT2D eigenvalue weighted by atomic mass is 9.84. The summed E-state index contributed by atoms with van der Waals surface area (Å²) in [6, 6.07) is 22.9. The summed E-state index contributed by atoms with van der Waals surface area (Å²) in [6.45, 7) is 8.24. The van der Waals surface area contributed by atoms with Crippen LogP contribution in [0.1, 0.15) is 27.7 Å². The predicted molar refractivity (Wildman–Crippen MR) is 114 cm³/mol. The minimum absolute atomic E-state index is 0.387. The first kappa shape index (κ1) is 17.5. The number of hydrogen-bond donors (Lipinski definition) is 0. The maximum absolute atomic E-state index is 6.20. The summed E-state index contributed by atoms with van der Waals surface area (Å²) in [5.41, 5.74) is 2.30. The van der Waals surface area contributed by atoms with Crippen LogP contribution in [0.4, 0.5) is 0 Å². The van der Waals surface area contributed by atoms with Gasteiger partial charge in [0, 0.05) is 10.8 Å². The maximum Gasteiger partial charge on any atom is 0.514 e. The van der Waals surface area contributed by atoms with Crippen molar-refractivity contribution in [3.05, 3.63) is 66.7 Å². The monoisotopic (exact) mass is 370 g/mol. The van der Waals surface area contributed by atoms with E-state index in [0.717, 1.165) is 22.4 Å². The zero-order valence-electron chi connectivity index (χ0n) is 16.6. The Bertz CT molecular complexity index is 1130. The van der Waals surface area contributed by atoms with Crippen LogP contribution in [-0.4, -0.2) is 27.9 Å². The molecule has 0 amide bonds. The molecule has 5 rings (SSSR count). The van der Waals surface area contributed by atoms with Gasteiger partial charge in [0.25, 0.3) is 0 Å². The molecule has 0 atom stereocenters. The van der Waals surface area contributed by atoms with Crippen molar-refractivity contribution < 1.29 is 9.31 Å². The van der Waals surface area contributed by atoms with Gasteiger partial charge in [-0.3, -0.25) is 4.57 Å². The van der Waals surface area contributed by atoms with Crippen molar-refractivity contribution in [2.45, 2.75) is 38.9 Å². The fourth-order valence-electron chi connectivity index (χ4n) is 3.83. The van der Waals surface area contributed by atoms with E-state index < -0.39 is 7.12 Å². The minimum Gasteiger partial charge on any atom is -0.398 e. The highest BCUT2D eigenvalue weighted by molar-refractivity contribution is 6.61. The Balaban J connectivity index is 1.67. The molecule has 1 saturated heterocycles. The third kappa shape index (κ3) is 2.50. The topological polar surface area (TPSA) is 36.3 Å². The van der Waals surface area contributed by atoms with E-state index in [9.17, 15) is 0 Å². The first-order valence-corrected chi connectivity index (χ1v) is 9.69. The normalized spacial score (nSPS) is 18.2. The molecule has 0 spiro atoms. The van der Waals surface area contributed by atoms with E-state index in [1.54, 1.807) is 0 Å². The Hall–Kier alpha value is -2.63. The highest BCUT2D eigenvalue weighted by Crippen LogP contribution is 2.36. The van der Waals surface area contributed by atoms with E-state index in [-0.39, 0.29) is 11.2 Å². The smallest absolute Gasteiger partial charge is 0.398 e. The first-order chi connectivity index (χ1) is 13.4. The average Bonchev–Trinajstić information content (AvgIpc) is 3.12. The second-order valence-electron chi connectivity index (χ2n) is 8.38. The van der Waals surface area contributed by atoms with Crippen LogP contribution in [0.3, 0.4) is 0 Å². The number of rotatable bonds is 2. The van der Waals surface area contributed by atoms with Gasteiger partial charge in [0.15, 0.2) is 0 Å². The van der Waals surface area contributed by atoms with E-state index in [1.165, 1.54) is 10.8 Å². The Morgan fingerprint density at radius 2 is 1.25 bits per heavy atom. The zero-order valence-corrected chi connectivity index (χ0v) is 16.6. The highest BCUT2D eigenvalue weighted by Gasteiger charge is 2.52. The Morgan fingerprint density at radius 1 is 0.714 bits per heavy atom. The van der Waals surface area contributed by atoms with E-state index >= 15 is 0 Å². The number of fused-ring (bicyclic) bond motifs is 3. The molecular formula is C23H23BN2O2. The number of para-hydroxylation sites is 2. The summed E-state index contributed by atoms with van der Waals surface area (Å²) in [4.78, 5) is 4.94. The van der Waals surface area contributed by atoms with Gasteiger partial charge < -0.3 is 9.31 Å². The maximum atomic E-state index is 6.20. The van der Waals surface area contributed by atoms with Gasteiger partial charge >= 0.3 is 7.12 Å². The molecule has 1 fully saturated rings. The molecule has 0 N–H and O–H groups in total. The van der Waals surface area contributed by atoms with Gasteiger partial charge in [0.05, 0.1) is 27.8 Å². The molecular weight excluding hydrogens is 347 g/mol. The molecule has 3 heterocycles. The molecule has 1 aliphatic rings. The number of aromatic nitrogens is 2. The molecule has 2 aromatic heterocycles. The standard InChI is InChI=1S/C23H23BN2O2/c1-22(2)23(3,4)28-24(27-22)20-14-9-15-21(25-20)26-18-12-7-5-10-16(18)17-11-6-8-13-19(17)26/h5-15H,1-4H3. The highest BCUT2D eigenvalue weighted by atomic mass is 16.7. The quantitative estimate of drug-likeness (QED) is 0.488. The molecule has 28 heavy (non-hydrogen) atoms.